The van der Waals surface area contributed by atoms with E-state index in [1.165, 1.54) is 24.8 Å². The molecule has 0 aliphatic rings. The number of carbonyl (C=O) groups is 2. The Morgan fingerprint density at radius 2 is 1.88 bits per heavy atom. The molecule has 0 fully saturated rings. The fourth-order valence-corrected chi connectivity index (χ4v) is 3.34. The number of nitrogens with one attached hydrogen (secondary N) is 1. The maximum atomic E-state index is 12.3. The normalized spacial score (nSPS) is 10.5. The van der Waals surface area contributed by atoms with Gasteiger partial charge in [0.25, 0.3) is 5.91 Å². The molecule has 0 aliphatic carbocycles. The topological polar surface area (TPSA) is 126 Å². The molecule has 0 saturated carbocycles. The highest BCUT2D eigenvalue weighted by Crippen LogP contribution is 2.09. The van der Waals surface area contributed by atoms with E-state index in [-0.39, 0.29) is 18.2 Å². The Labute approximate surface area is 189 Å². The zero-order chi connectivity index (χ0) is 23.0. The van der Waals surface area contributed by atoms with E-state index < -0.39 is 0 Å². The van der Waals surface area contributed by atoms with Crippen molar-refractivity contribution in [1.29, 1.82) is 0 Å². The summed E-state index contributed by atoms with van der Waals surface area (Å²) in [5.41, 5.74) is 11.0. The highest BCUT2D eigenvalue weighted by atomic mass is 16.1. The van der Waals surface area contributed by atoms with Gasteiger partial charge in [0.05, 0.1) is 18.8 Å². The minimum absolute atomic E-state index is 0.0290. The van der Waals surface area contributed by atoms with Gasteiger partial charge in [0, 0.05) is 29.6 Å². The maximum absolute atomic E-state index is 12.3. The molecule has 0 radical (unpaired) electrons. The molecule has 0 saturated heterocycles. The molecule has 1 heterocycles. The van der Waals surface area contributed by atoms with Gasteiger partial charge in [-0.05, 0) is 55.3 Å². The van der Waals surface area contributed by atoms with E-state index in [4.69, 9.17) is 5.53 Å². The Morgan fingerprint density at radius 1 is 1.09 bits per heavy atom. The second-order valence-corrected chi connectivity index (χ2v) is 7.87. The Hall–Kier alpha value is -3.19. The van der Waals surface area contributed by atoms with Gasteiger partial charge >= 0.3 is 0 Å². The number of hydrogen-bond donors (Lipinski definition) is 1. The van der Waals surface area contributed by atoms with Crippen molar-refractivity contribution >= 4 is 11.7 Å². The zero-order valence-corrected chi connectivity index (χ0v) is 18.9. The lowest BCUT2D eigenvalue weighted by molar-refractivity contribution is -0.117. The van der Waals surface area contributed by atoms with Crippen molar-refractivity contribution in [1.82, 2.24) is 20.3 Å². The number of nitrogens with zero attached hydrogens (tertiary/aromatic N) is 6. The van der Waals surface area contributed by atoms with Crippen LogP contribution in [-0.4, -0.2) is 39.8 Å². The third-order valence-corrected chi connectivity index (χ3v) is 5.20. The SMILES string of the molecule is CCCCCc1ccc(C(=O)NCCn2cc(CCCCCC(=O)CN=[N+]=[N-])nn2)cc1. The fourth-order valence-electron chi connectivity index (χ4n) is 3.34. The van der Waals surface area contributed by atoms with Crippen LogP contribution in [0, 0.1) is 0 Å². The third-order valence-electron chi connectivity index (χ3n) is 5.20. The molecule has 0 atom stereocenters. The van der Waals surface area contributed by atoms with Crippen LogP contribution in [0.25, 0.3) is 10.4 Å². The number of aromatic nitrogens is 3. The van der Waals surface area contributed by atoms with Crippen LogP contribution in [0.15, 0.2) is 35.6 Å². The molecule has 1 aromatic heterocycles. The lowest BCUT2D eigenvalue weighted by atomic mass is 10.1. The smallest absolute Gasteiger partial charge is 0.251 e. The fraction of sp³-hybridized carbons (Fsp3) is 0.565. The van der Waals surface area contributed by atoms with E-state index in [2.05, 4.69) is 32.6 Å². The van der Waals surface area contributed by atoms with Crippen LogP contribution in [-0.2, 0) is 24.2 Å². The summed E-state index contributed by atoms with van der Waals surface area (Å²) in [5, 5.41) is 14.5. The Kier molecular flexibility index (Phi) is 11.6. The summed E-state index contributed by atoms with van der Waals surface area (Å²) in [6.07, 6.45) is 10.4. The van der Waals surface area contributed by atoms with Crippen molar-refractivity contribution in [3.8, 4) is 0 Å². The van der Waals surface area contributed by atoms with Crippen LogP contribution >= 0.6 is 0 Å². The largest absolute Gasteiger partial charge is 0.350 e. The molecule has 2 rings (SSSR count). The minimum Gasteiger partial charge on any atom is -0.350 e. The second kappa shape index (κ2) is 14.8. The van der Waals surface area contributed by atoms with Crippen molar-refractivity contribution in [3.05, 3.63) is 57.7 Å². The van der Waals surface area contributed by atoms with Crippen LogP contribution in [0.1, 0.15) is 73.5 Å². The summed E-state index contributed by atoms with van der Waals surface area (Å²) in [7, 11) is 0. The average molecular weight is 440 g/mol. The van der Waals surface area contributed by atoms with Gasteiger partial charge < -0.3 is 5.32 Å². The molecule has 2 aromatic rings. The Morgan fingerprint density at radius 3 is 2.62 bits per heavy atom. The van der Waals surface area contributed by atoms with Crippen molar-refractivity contribution < 1.29 is 9.59 Å². The first-order valence-corrected chi connectivity index (χ1v) is 11.4. The summed E-state index contributed by atoms with van der Waals surface area (Å²) >= 11 is 0. The summed E-state index contributed by atoms with van der Waals surface area (Å²) in [4.78, 5) is 26.3. The van der Waals surface area contributed by atoms with E-state index in [1.54, 1.807) is 4.68 Å². The second-order valence-electron chi connectivity index (χ2n) is 7.87. The molecule has 172 valence electrons. The molecule has 1 aromatic carbocycles. The van der Waals surface area contributed by atoms with Gasteiger partial charge in [0.2, 0.25) is 0 Å². The predicted molar refractivity (Wildman–Crippen MR) is 123 cm³/mol. The highest BCUT2D eigenvalue weighted by Gasteiger charge is 2.06. The molecule has 0 unspecified atom stereocenters. The van der Waals surface area contributed by atoms with Crippen molar-refractivity contribution in [3.63, 3.8) is 0 Å². The van der Waals surface area contributed by atoms with Gasteiger partial charge in [-0.15, -0.1) is 5.10 Å². The highest BCUT2D eigenvalue weighted by molar-refractivity contribution is 5.94. The van der Waals surface area contributed by atoms with Crippen LogP contribution in [0.3, 0.4) is 0 Å². The summed E-state index contributed by atoms with van der Waals surface area (Å²) < 4.78 is 1.73. The van der Waals surface area contributed by atoms with Crippen molar-refractivity contribution in [2.75, 3.05) is 13.1 Å². The number of benzene rings is 1. The van der Waals surface area contributed by atoms with E-state index in [0.717, 1.165) is 37.8 Å². The first kappa shape index (κ1) is 25.1. The van der Waals surface area contributed by atoms with Gasteiger partial charge in [0.15, 0.2) is 0 Å². The summed E-state index contributed by atoms with van der Waals surface area (Å²) in [6.45, 7) is 3.17. The van der Waals surface area contributed by atoms with E-state index in [1.807, 2.05) is 30.5 Å². The van der Waals surface area contributed by atoms with E-state index in [0.29, 0.717) is 25.1 Å². The molecular weight excluding hydrogens is 406 g/mol. The van der Waals surface area contributed by atoms with Crippen LogP contribution in [0.2, 0.25) is 0 Å². The van der Waals surface area contributed by atoms with E-state index >= 15 is 0 Å². The molecule has 1 N–H and O–H groups in total. The maximum Gasteiger partial charge on any atom is 0.251 e. The number of azide groups is 1. The van der Waals surface area contributed by atoms with Crippen LogP contribution < -0.4 is 5.32 Å². The number of ketones is 1. The molecule has 0 aliphatic heterocycles. The van der Waals surface area contributed by atoms with Gasteiger partial charge in [0.1, 0.15) is 5.78 Å². The van der Waals surface area contributed by atoms with Gasteiger partial charge in [-0.3, -0.25) is 14.3 Å². The number of rotatable bonds is 16. The molecule has 0 bridgehead atoms. The average Bonchev–Trinajstić information content (AvgIpc) is 3.25. The lowest BCUT2D eigenvalue weighted by Crippen LogP contribution is -2.27. The Balaban J connectivity index is 1.62. The molecule has 1 amide bonds. The number of unbranched alkanes of at least 4 members (excludes halogenated alkanes) is 4. The summed E-state index contributed by atoms with van der Waals surface area (Å²) in [5.74, 6) is -0.112. The van der Waals surface area contributed by atoms with Gasteiger partial charge in [-0.2, -0.15) is 0 Å². The number of Topliss-reactive ketones (excluding diaryl/α,β-unsaturated/α-hetero) is 1. The quantitative estimate of drug-likeness (QED) is 0.180. The first-order valence-electron chi connectivity index (χ1n) is 11.4. The monoisotopic (exact) mass is 439 g/mol. The Bertz CT molecular complexity index is 886. The van der Waals surface area contributed by atoms with Crippen LogP contribution in [0.4, 0.5) is 0 Å². The third kappa shape index (κ3) is 9.75. The molecule has 9 nitrogen and oxygen atoms in total. The standard InChI is InChI=1S/C23H33N7O2/c1-2-3-5-8-19-11-13-20(14-12-19)23(32)25-15-16-30-18-21(27-29-30)9-6-4-7-10-22(31)17-26-28-24/h11-14,18H,2-10,15-17H2,1H3,(H,25,32). The molecular formula is C23H33N7O2. The number of carbonyl (C=O) groups excluding carboxylic acids is 2. The van der Waals surface area contributed by atoms with Crippen LogP contribution in [0.5, 0.6) is 0 Å². The van der Waals surface area contributed by atoms with Gasteiger partial charge in [-0.25, -0.2) is 0 Å². The van der Waals surface area contributed by atoms with Crippen molar-refractivity contribution in [2.45, 2.75) is 71.3 Å². The molecule has 9 heteroatoms. The van der Waals surface area contributed by atoms with Gasteiger partial charge in [-0.1, -0.05) is 48.6 Å². The van der Waals surface area contributed by atoms with E-state index in [9.17, 15) is 9.59 Å². The molecule has 32 heavy (non-hydrogen) atoms. The number of hydrogen-bond acceptors (Lipinski definition) is 5. The summed E-state index contributed by atoms with van der Waals surface area (Å²) in [6, 6.07) is 7.83. The number of amides is 1. The number of aryl methyl sites for hydroxylation is 2. The minimum atomic E-state index is -0.0829. The first-order chi connectivity index (χ1) is 15.6. The molecule has 0 spiro atoms. The lowest BCUT2D eigenvalue weighted by Gasteiger charge is -2.06. The predicted octanol–water partition coefficient (Wildman–Crippen LogP) is 4.42. The zero-order valence-electron chi connectivity index (χ0n) is 18.9. The van der Waals surface area contributed by atoms with Crippen molar-refractivity contribution in [2.24, 2.45) is 5.11 Å².